The van der Waals surface area contributed by atoms with Crippen molar-refractivity contribution in [2.24, 2.45) is 0 Å². The summed E-state index contributed by atoms with van der Waals surface area (Å²) in [6.07, 6.45) is 0.195. The number of nitrogens with zero attached hydrogens (tertiary/aromatic N) is 1. The molecule has 0 unspecified atom stereocenters. The molecular formula is C10H13BF3KN2O2. The Morgan fingerprint density at radius 1 is 1.37 bits per heavy atom. The number of pyridine rings is 1. The molecule has 1 amide bonds. The summed E-state index contributed by atoms with van der Waals surface area (Å²) in [5.74, 6) is -0.542. The molecule has 100 valence electrons. The van der Waals surface area contributed by atoms with Crippen LogP contribution in [0, 0.1) is 0 Å². The SMILES string of the molecule is CC(C)(C)OC(=O)Nc1ncccc1[B-](F)(F)F.[K+]. The molecule has 4 nitrogen and oxygen atoms in total. The van der Waals surface area contributed by atoms with Gasteiger partial charge in [-0.2, -0.15) is 0 Å². The molecule has 0 aromatic carbocycles. The Morgan fingerprint density at radius 3 is 2.42 bits per heavy atom. The van der Waals surface area contributed by atoms with Crippen LogP contribution < -0.4 is 62.2 Å². The van der Waals surface area contributed by atoms with Crippen molar-refractivity contribution < 1.29 is 73.9 Å². The Labute approximate surface area is 152 Å². The maximum Gasteiger partial charge on any atom is 1.00 e. The Kier molecular flexibility index (Phi) is 7.04. The van der Waals surface area contributed by atoms with Crippen molar-refractivity contribution in [3.8, 4) is 0 Å². The molecule has 0 radical (unpaired) electrons. The van der Waals surface area contributed by atoms with Crippen LogP contribution in [-0.2, 0) is 4.74 Å². The summed E-state index contributed by atoms with van der Waals surface area (Å²) >= 11 is 0. The van der Waals surface area contributed by atoms with Gasteiger partial charge in [-0.05, 0) is 26.8 Å². The number of nitrogens with one attached hydrogen (secondary N) is 1. The summed E-state index contributed by atoms with van der Waals surface area (Å²) in [5.41, 5.74) is -1.74. The summed E-state index contributed by atoms with van der Waals surface area (Å²) in [7, 11) is 0. The summed E-state index contributed by atoms with van der Waals surface area (Å²) in [6.45, 7) is -0.406. The fraction of sp³-hybridized carbons (Fsp3) is 0.400. The molecule has 0 atom stereocenters. The molecule has 0 aliphatic rings. The molecular weight excluding hydrogens is 287 g/mol. The number of halogens is 3. The average Bonchev–Trinajstić information content (AvgIpc) is 2.13. The molecule has 0 aliphatic carbocycles. The molecule has 0 saturated carbocycles. The van der Waals surface area contributed by atoms with Crippen molar-refractivity contribution in [2.75, 3.05) is 5.32 Å². The first-order chi connectivity index (χ1) is 8.09. The maximum atomic E-state index is 12.7. The number of carbonyl (C=O) groups excluding carboxylic acids is 1. The Morgan fingerprint density at radius 2 is 1.95 bits per heavy atom. The minimum atomic E-state index is -5.24. The van der Waals surface area contributed by atoms with Crippen LogP contribution in [-0.4, -0.2) is 23.7 Å². The van der Waals surface area contributed by atoms with Crippen LogP contribution in [0.25, 0.3) is 0 Å². The summed E-state index contributed by atoms with van der Waals surface area (Å²) in [5, 5.41) is 2.00. The van der Waals surface area contributed by atoms with Gasteiger partial charge in [-0.15, -0.1) is 0 Å². The van der Waals surface area contributed by atoms with Gasteiger partial charge in [-0.25, -0.2) is 9.78 Å². The number of rotatable bonds is 2. The minimum Gasteiger partial charge on any atom is -0.445 e. The van der Waals surface area contributed by atoms with Crippen molar-refractivity contribution in [1.82, 2.24) is 4.98 Å². The fourth-order valence-electron chi connectivity index (χ4n) is 1.19. The Bertz CT molecular complexity index is 449. The molecule has 0 fully saturated rings. The van der Waals surface area contributed by atoms with Crippen LogP contribution in [0.2, 0.25) is 0 Å². The zero-order valence-corrected chi connectivity index (χ0v) is 14.3. The van der Waals surface area contributed by atoms with Gasteiger partial charge in [0.25, 0.3) is 0 Å². The van der Waals surface area contributed by atoms with E-state index < -0.39 is 30.0 Å². The predicted octanol–water partition coefficient (Wildman–Crippen LogP) is -0.513. The van der Waals surface area contributed by atoms with E-state index >= 15 is 0 Å². The van der Waals surface area contributed by atoms with E-state index in [0.29, 0.717) is 0 Å². The second-order valence-electron chi connectivity index (χ2n) is 4.64. The largest absolute Gasteiger partial charge is 1.00 e. The van der Waals surface area contributed by atoms with E-state index in [0.717, 1.165) is 18.3 Å². The summed E-state index contributed by atoms with van der Waals surface area (Å²) in [4.78, 5) is 14.9. The van der Waals surface area contributed by atoms with Crippen LogP contribution in [0.3, 0.4) is 0 Å². The van der Waals surface area contributed by atoms with Crippen LogP contribution >= 0.6 is 0 Å². The molecule has 1 heterocycles. The third kappa shape index (κ3) is 6.75. The Hall–Kier alpha value is -0.0887. The van der Waals surface area contributed by atoms with Crippen LogP contribution in [0.15, 0.2) is 18.3 Å². The first-order valence-electron chi connectivity index (χ1n) is 5.24. The van der Waals surface area contributed by atoms with Gasteiger partial charge in [0.05, 0.1) is 0 Å². The monoisotopic (exact) mass is 300 g/mol. The first-order valence-corrected chi connectivity index (χ1v) is 5.24. The zero-order valence-electron chi connectivity index (χ0n) is 11.2. The molecule has 1 aromatic rings. The van der Waals surface area contributed by atoms with Crippen molar-refractivity contribution >= 4 is 24.4 Å². The summed E-state index contributed by atoms with van der Waals surface area (Å²) < 4.78 is 42.9. The number of anilines is 1. The molecule has 1 aromatic heterocycles. The van der Waals surface area contributed by atoms with Crippen LogP contribution in [0.4, 0.5) is 23.6 Å². The molecule has 1 rings (SSSR count). The second-order valence-corrected chi connectivity index (χ2v) is 4.64. The fourth-order valence-corrected chi connectivity index (χ4v) is 1.19. The van der Waals surface area contributed by atoms with Crippen molar-refractivity contribution in [1.29, 1.82) is 0 Å². The normalized spacial score (nSPS) is 11.5. The average molecular weight is 300 g/mol. The van der Waals surface area contributed by atoms with Crippen LogP contribution in [0.1, 0.15) is 20.8 Å². The zero-order chi connectivity index (χ0) is 14.0. The van der Waals surface area contributed by atoms with Gasteiger partial charge >= 0.3 is 64.5 Å². The number of aromatic nitrogens is 1. The molecule has 9 heteroatoms. The number of hydrogen-bond donors (Lipinski definition) is 1. The van der Waals surface area contributed by atoms with Gasteiger partial charge in [0, 0.05) is 6.20 Å². The van der Waals surface area contributed by atoms with Gasteiger partial charge in [-0.1, -0.05) is 11.5 Å². The topological polar surface area (TPSA) is 51.2 Å². The van der Waals surface area contributed by atoms with Crippen molar-refractivity contribution in [2.45, 2.75) is 26.4 Å². The minimum absolute atomic E-state index is 0. The van der Waals surface area contributed by atoms with E-state index in [1.165, 1.54) is 0 Å². The smallest absolute Gasteiger partial charge is 0.445 e. The van der Waals surface area contributed by atoms with E-state index in [-0.39, 0.29) is 51.4 Å². The van der Waals surface area contributed by atoms with E-state index in [9.17, 15) is 17.7 Å². The number of carbonyl (C=O) groups is 1. The Balaban J connectivity index is 0.00000324. The van der Waals surface area contributed by atoms with Gasteiger partial charge in [0.15, 0.2) is 0 Å². The van der Waals surface area contributed by atoms with Gasteiger partial charge < -0.3 is 17.7 Å². The maximum absolute atomic E-state index is 12.7. The van der Waals surface area contributed by atoms with Crippen molar-refractivity contribution in [3.05, 3.63) is 18.3 Å². The van der Waals surface area contributed by atoms with E-state index in [4.69, 9.17) is 4.74 Å². The van der Waals surface area contributed by atoms with Crippen LogP contribution in [0.5, 0.6) is 0 Å². The van der Waals surface area contributed by atoms with E-state index in [1.54, 1.807) is 20.8 Å². The van der Waals surface area contributed by atoms with E-state index in [2.05, 4.69) is 4.98 Å². The standard InChI is InChI=1S/C10H13BF3N2O2.K/c1-10(2,3)18-9(17)16-8-7(11(12,13)14)5-4-6-15-8;/h4-6H,1-3H3,(H,15,16,17);/q-1;+1. The molecule has 0 saturated heterocycles. The number of amides is 1. The van der Waals surface area contributed by atoms with Gasteiger partial charge in [0.2, 0.25) is 0 Å². The number of ether oxygens (including phenoxy) is 1. The third-order valence-electron chi connectivity index (χ3n) is 1.81. The molecule has 0 aliphatic heterocycles. The molecule has 0 bridgehead atoms. The molecule has 1 N–H and O–H groups in total. The predicted molar refractivity (Wildman–Crippen MR) is 62.8 cm³/mol. The number of hydrogen-bond acceptors (Lipinski definition) is 3. The summed E-state index contributed by atoms with van der Waals surface area (Å²) in [6, 6.07) is 2.02. The quantitative estimate of drug-likeness (QED) is 0.748. The van der Waals surface area contributed by atoms with E-state index in [1.807, 2.05) is 5.32 Å². The molecule has 19 heavy (non-hydrogen) atoms. The third-order valence-corrected chi connectivity index (χ3v) is 1.81. The molecule has 0 spiro atoms. The van der Waals surface area contributed by atoms with Gasteiger partial charge in [0.1, 0.15) is 11.4 Å². The first kappa shape index (κ1) is 18.9. The second kappa shape index (κ2) is 7.07. The van der Waals surface area contributed by atoms with Gasteiger partial charge in [-0.3, -0.25) is 5.32 Å². The van der Waals surface area contributed by atoms with Crippen molar-refractivity contribution in [3.63, 3.8) is 0 Å².